The molecule has 2 aromatic carbocycles. The molecular formula is C29H47Cl2N3Tc. The quantitative estimate of drug-likeness (QED) is 0.385. The molecule has 199 valence electrons. The van der Waals surface area contributed by atoms with Crippen LogP contribution in [0.3, 0.4) is 0 Å². The Kier molecular flexibility index (Phi) is 18.3. The van der Waals surface area contributed by atoms with Crippen LogP contribution in [0.1, 0.15) is 101 Å². The van der Waals surface area contributed by atoms with Crippen molar-refractivity contribution in [2.24, 2.45) is 0 Å². The van der Waals surface area contributed by atoms with Crippen molar-refractivity contribution in [2.75, 3.05) is 43.9 Å². The van der Waals surface area contributed by atoms with E-state index in [1.54, 1.807) is 0 Å². The van der Waals surface area contributed by atoms with Gasteiger partial charge in [0, 0.05) is 37.6 Å². The Morgan fingerprint density at radius 3 is 1.06 bits per heavy atom. The molecule has 3 nitrogen and oxygen atoms in total. The summed E-state index contributed by atoms with van der Waals surface area (Å²) in [6, 6.07) is 13.5. The molecule has 0 bridgehead atoms. The van der Waals surface area contributed by atoms with Gasteiger partial charge in [0.2, 0.25) is 0 Å². The maximum atomic E-state index is 3.77. The normalized spacial score (nSPS) is 10.9. The van der Waals surface area contributed by atoms with E-state index in [9.17, 15) is 0 Å². The second-order valence-electron chi connectivity index (χ2n) is 10.4. The van der Waals surface area contributed by atoms with Crippen LogP contribution < -0.4 is 35.4 Å². The molecule has 2 rings (SSSR count). The van der Waals surface area contributed by atoms with Crippen LogP contribution in [0.5, 0.6) is 0 Å². The molecule has 0 saturated heterocycles. The standard InChI is InChI=1S/C29H47N3.2ClH.Tc/c1-20(2)24-12-10-13-25(21(3)4)28(24)30-16-18-32(9)19-17-31-29-26(22(5)6)14-11-15-27(29)23(7)8;;;/h10-15,20-23,30-31H,16-19H2,1-9H3;2*1H;/q;;;+2/p-2. The molecule has 0 spiro atoms. The first kappa shape index (κ1) is 36.4. The molecule has 0 fully saturated rings. The molecule has 0 heterocycles. The number of hydrogen-bond acceptors (Lipinski definition) is 3. The molecule has 0 unspecified atom stereocenters. The molecule has 0 aliphatic rings. The van der Waals surface area contributed by atoms with Gasteiger partial charge in [0.25, 0.3) is 0 Å². The monoisotopic (exact) mass is 604 g/mol. The zero-order valence-corrected chi connectivity index (χ0v) is 26.6. The van der Waals surface area contributed by atoms with E-state index in [4.69, 9.17) is 0 Å². The summed E-state index contributed by atoms with van der Waals surface area (Å²) in [7, 11) is 2.22. The third-order valence-corrected chi connectivity index (χ3v) is 6.34. The summed E-state index contributed by atoms with van der Waals surface area (Å²) in [4.78, 5) is 2.42. The Labute approximate surface area is 241 Å². The van der Waals surface area contributed by atoms with Crippen molar-refractivity contribution in [3.05, 3.63) is 58.7 Å². The number of para-hydroxylation sites is 2. The Morgan fingerprint density at radius 2 is 0.829 bits per heavy atom. The third kappa shape index (κ3) is 10.6. The molecule has 2 aromatic rings. The minimum absolute atomic E-state index is 0. The third-order valence-electron chi connectivity index (χ3n) is 6.34. The number of halogens is 2. The SMILES string of the molecule is CC(C)c1cccc(C(C)C)c1NCCN(C)CCNc1c(C(C)C)cccc1C(C)C.[Cl-].[Cl-].[Tc+2]. The smallest absolute Gasteiger partial charge is 1.00 e. The molecule has 0 saturated carbocycles. The van der Waals surface area contributed by atoms with E-state index in [2.05, 4.69) is 114 Å². The molecular weight excluding hydrogens is 559 g/mol. The summed E-state index contributed by atoms with van der Waals surface area (Å²) in [6.45, 7) is 22.2. The number of hydrogen-bond donors (Lipinski definition) is 2. The van der Waals surface area contributed by atoms with Gasteiger partial charge in [-0.3, -0.25) is 0 Å². The van der Waals surface area contributed by atoms with Gasteiger partial charge in [0.1, 0.15) is 0 Å². The van der Waals surface area contributed by atoms with Gasteiger partial charge < -0.3 is 40.3 Å². The van der Waals surface area contributed by atoms with Crippen molar-refractivity contribution in [1.29, 1.82) is 0 Å². The zero-order chi connectivity index (χ0) is 23.8. The fraction of sp³-hybridized carbons (Fsp3) is 0.586. The van der Waals surface area contributed by atoms with Crippen molar-refractivity contribution in [3.8, 4) is 0 Å². The molecule has 6 heteroatoms. The predicted octanol–water partition coefficient (Wildman–Crippen LogP) is 1.64. The van der Waals surface area contributed by atoms with E-state index >= 15 is 0 Å². The Hall–Kier alpha value is -0.771. The fourth-order valence-corrected chi connectivity index (χ4v) is 4.37. The van der Waals surface area contributed by atoms with Gasteiger partial charge in [-0.15, -0.1) is 0 Å². The van der Waals surface area contributed by atoms with Crippen molar-refractivity contribution in [2.45, 2.75) is 79.1 Å². The first-order valence-corrected chi connectivity index (χ1v) is 12.5. The number of nitrogens with one attached hydrogen (secondary N) is 2. The van der Waals surface area contributed by atoms with E-state index in [0.717, 1.165) is 26.2 Å². The van der Waals surface area contributed by atoms with Crippen LogP contribution in [0.15, 0.2) is 36.4 Å². The van der Waals surface area contributed by atoms with Crippen LogP contribution in [0, 0.1) is 0 Å². The first-order chi connectivity index (χ1) is 15.1. The minimum atomic E-state index is 0. The van der Waals surface area contributed by atoms with Gasteiger partial charge in [-0.1, -0.05) is 91.8 Å². The maximum Gasteiger partial charge on any atom is 2.00 e. The molecule has 1 radical (unpaired) electrons. The van der Waals surface area contributed by atoms with Crippen LogP contribution in [-0.4, -0.2) is 38.1 Å². The number of nitrogens with zero attached hydrogens (tertiary/aromatic N) is 1. The van der Waals surface area contributed by atoms with Gasteiger partial charge in [-0.25, -0.2) is 0 Å². The number of likely N-dealkylation sites (N-methyl/N-ethyl adjacent to an activating group) is 1. The number of anilines is 2. The molecule has 2 N–H and O–H groups in total. The fourth-order valence-electron chi connectivity index (χ4n) is 4.37. The van der Waals surface area contributed by atoms with Gasteiger partial charge >= 0.3 is 20.1 Å². The Balaban J connectivity index is 0. The van der Waals surface area contributed by atoms with Gasteiger partial charge in [0.15, 0.2) is 0 Å². The van der Waals surface area contributed by atoms with E-state index in [-0.39, 0.29) is 44.9 Å². The average Bonchev–Trinajstić information content (AvgIpc) is 2.73. The van der Waals surface area contributed by atoms with Crippen molar-refractivity contribution < 1.29 is 44.9 Å². The number of rotatable bonds is 12. The van der Waals surface area contributed by atoms with Crippen LogP contribution >= 0.6 is 0 Å². The first-order valence-electron chi connectivity index (χ1n) is 12.5. The van der Waals surface area contributed by atoms with Gasteiger partial charge in [-0.2, -0.15) is 0 Å². The predicted molar refractivity (Wildman–Crippen MR) is 144 cm³/mol. The minimum Gasteiger partial charge on any atom is -1.00 e. The molecule has 0 atom stereocenters. The summed E-state index contributed by atoms with van der Waals surface area (Å²) >= 11 is 0. The second-order valence-corrected chi connectivity index (χ2v) is 10.4. The van der Waals surface area contributed by atoms with E-state index < -0.39 is 0 Å². The summed E-state index contributed by atoms with van der Waals surface area (Å²) in [6.07, 6.45) is 0. The van der Waals surface area contributed by atoms with Crippen LogP contribution in [0.2, 0.25) is 0 Å². The topological polar surface area (TPSA) is 27.3 Å². The molecule has 0 amide bonds. The van der Waals surface area contributed by atoms with Crippen molar-refractivity contribution in [1.82, 2.24) is 4.90 Å². The summed E-state index contributed by atoms with van der Waals surface area (Å²) in [5.74, 6) is 2.09. The molecule has 0 aliphatic carbocycles. The van der Waals surface area contributed by atoms with Crippen LogP contribution in [0.25, 0.3) is 0 Å². The van der Waals surface area contributed by atoms with Gasteiger partial charge in [-0.05, 0) is 53.0 Å². The Morgan fingerprint density at radius 1 is 0.571 bits per heavy atom. The zero-order valence-electron chi connectivity index (χ0n) is 23.2. The largest absolute Gasteiger partial charge is 2.00 e. The molecule has 0 aliphatic heterocycles. The molecule has 0 aromatic heterocycles. The second kappa shape index (κ2) is 17.6. The summed E-state index contributed by atoms with van der Waals surface area (Å²) in [5, 5.41) is 7.54. The number of benzene rings is 2. The van der Waals surface area contributed by atoms with Crippen LogP contribution in [-0.2, 0) is 20.1 Å². The summed E-state index contributed by atoms with van der Waals surface area (Å²) in [5.41, 5.74) is 8.38. The van der Waals surface area contributed by atoms with Crippen molar-refractivity contribution in [3.63, 3.8) is 0 Å². The average molecular weight is 607 g/mol. The Bertz CT molecular complexity index is 732. The van der Waals surface area contributed by atoms with E-state index in [0.29, 0.717) is 23.7 Å². The van der Waals surface area contributed by atoms with Crippen molar-refractivity contribution >= 4 is 11.4 Å². The van der Waals surface area contributed by atoms with Gasteiger partial charge in [0.05, 0.1) is 0 Å². The van der Waals surface area contributed by atoms with E-state index in [1.165, 1.54) is 33.6 Å². The van der Waals surface area contributed by atoms with Crippen LogP contribution in [0.4, 0.5) is 11.4 Å². The van der Waals surface area contributed by atoms with E-state index in [1.807, 2.05) is 0 Å². The maximum absolute atomic E-state index is 3.77. The summed E-state index contributed by atoms with van der Waals surface area (Å²) < 4.78 is 0. The molecule has 35 heavy (non-hydrogen) atoms.